The third-order valence-corrected chi connectivity index (χ3v) is 3.54. The van der Waals surface area contributed by atoms with Gasteiger partial charge >= 0.3 is 5.97 Å². The largest absolute Gasteiger partial charge is 0.480 e. The van der Waals surface area contributed by atoms with Crippen molar-refractivity contribution in [2.24, 2.45) is 11.7 Å². The van der Waals surface area contributed by atoms with Crippen LogP contribution in [0.2, 0.25) is 0 Å². The van der Waals surface area contributed by atoms with E-state index in [1.807, 2.05) is 6.92 Å². The van der Waals surface area contributed by atoms with Gasteiger partial charge in [-0.3, -0.25) is 14.4 Å². The highest BCUT2D eigenvalue weighted by Crippen LogP contribution is 2.28. The van der Waals surface area contributed by atoms with E-state index in [0.717, 1.165) is 16.3 Å². The number of carbonyl (C=O) groups is 3. The van der Waals surface area contributed by atoms with Gasteiger partial charge in [0.05, 0.1) is 0 Å². The van der Waals surface area contributed by atoms with Crippen LogP contribution in [0.3, 0.4) is 0 Å². The Morgan fingerprint density at radius 3 is 2.75 bits per heavy atom. The van der Waals surface area contributed by atoms with Gasteiger partial charge in [-0.25, -0.2) is 4.31 Å². The highest BCUT2D eigenvalue weighted by atomic mass is 32.2. The Bertz CT molecular complexity index is 321. The van der Waals surface area contributed by atoms with Crippen LogP contribution in [0.1, 0.15) is 19.8 Å². The molecular formula is C9H14N2O4S. The molecule has 7 heteroatoms. The van der Waals surface area contributed by atoms with Crippen LogP contribution in [0.4, 0.5) is 0 Å². The second-order valence-electron chi connectivity index (χ2n) is 3.58. The fraction of sp³-hybridized carbons (Fsp3) is 0.667. The molecule has 0 bridgehead atoms. The molecule has 16 heavy (non-hydrogen) atoms. The first kappa shape index (κ1) is 13.0. The molecule has 1 aliphatic rings. The number of carbonyl (C=O) groups excluding carboxylic acids is 2. The lowest BCUT2D eigenvalue weighted by Crippen LogP contribution is -2.35. The van der Waals surface area contributed by atoms with Gasteiger partial charge in [0.2, 0.25) is 11.8 Å². The zero-order valence-corrected chi connectivity index (χ0v) is 9.70. The summed E-state index contributed by atoms with van der Waals surface area (Å²) in [4.78, 5) is 33.5. The molecule has 1 aliphatic heterocycles. The smallest absolute Gasteiger partial charge is 0.321 e. The van der Waals surface area contributed by atoms with Gasteiger partial charge < -0.3 is 10.8 Å². The minimum atomic E-state index is -1.14. The Morgan fingerprint density at radius 2 is 2.31 bits per heavy atom. The maximum absolute atomic E-state index is 11.6. The molecule has 1 heterocycles. The van der Waals surface area contributed by atoms with E-state index >= 15 is 0 Å². The van der Waals surface area contributed by atoms with Crippen LogP contribution in [0.15, 0.2) is 0 Å². The van der Waals surface area contributed by atoms with E-state index in [4.69, 9.17) is 10.8 Å². The van der Waals surface area contributed by atoms with E-state index in [1.165, 1.54) is 0 Å². The summed E-state index contributed by atoms with van der Waals surface area (Å²) >= 11 is 0.884. The zero-order chi connectivity index (χ0) is 12.3. The maximum Gasteiger partial charge on any atom is 0.321 e. The molecule has 6 nitrogen and oxygen atoms in total. The molecule has 1 fully saturated rings. The Balaban J connectivity index is 2.52. The summed E-state index contributed by atoms with van der Waals surface area (Å²) in [5, 5.41) is 8.56. The molecule has 0 aliphatic carbocycles. The van der Waals surface area contributed by atoms with Crippen molar-refractivity contribution in [3.05, 3.63) is 0 Å². The summed E-state index contributed by atoms with van der Waals surface area (Å²) in [5.41, 5.74) is 5.28. The molecular weight excluding hydrogens is 232 g/mol. The van der Waals surface area contributed by atoms with E-state index < -0.39 is 12.0 Å². The third kappa shape index (κ3) is 2.73. The molecule has 0 aromatic rings. The number of rotatable bonds is 5. The Morgan fingerprint density at radius 1 is 1.69 bits per heavy atom. The standard InChI is InChI=1S/C9H14N2O4S/c1-2-5-3-7(12)11(8(5)13)16-4-6(10)9(14)15/h5-6H,2-4,10H2,1H3,(H,14,15)/t5-,6-/m1/s1. The number of carboxylic acid groups (broad SMARTS) is 1. The fourth-order valence-corrected chi connectivity index (χ4v) is 2.30. The highest BCUT2D eigenvalue weighted by Gasteiger charge is 2.38. The van der Waals surface area contributed by atoms with Crippen molar-refractivity contribution in [3.8, 4) is 0 Å². The normalized spacial score (nSPS) is 22.6. The van der Waals surface area contributed by atoms with Crippen LogP contribution in [-0.2, 0) is 14.4 Å². The van der Waals surface area contributed by atoms with Gasteiger partial charge in [-0.15, -0.1) is 0 Å². The van der Waals surface area contributed by atoms with Crippen molar-refractivity contribution in [1.29, 1.82) is 0 Å². The SMILES string of the molecule is CC[C@@H]1CC(=O)N(SC[C@@H](N)C(=O)O)C1=O. The fourth-order valence-electron chi connectivity index (χ4n) is 1.35. The molecule has 0 unspecified atom stereocenters. The number of nitrogens with two attached hydrogens (primary N) is 1. The number of hydrogen-bond donors (Lipinski definition) is 2. The van der Waals surface area contributed by atoms with Crippen molar-refractivity contribution >= 4 is 29.7 Å². The molecule has 2 atom stereocenters. The van der Waals surface area contributed by atoms with Gasteiger partial charge in [-0.05, 0) is 18.4 Å². The van der Waals surface area contributed by atoms with Crippen LogP contribution >= 0.6 is 11.9 Å². The van der Waals surface area contributed by atoms with Gasteiger partial charge in [0.25, 0.3) is 0 Å². The molecule has 2 amide bonds. The lowest BCUT2D eigenvalue weighted by molar-refractivity contribution is -0.138. The molecule has 0 spiro atoms. The predicted molar refractivity (Wildman–Crippen MR) is 58.3 cm³/mol. The van der Waals surface area contributed by atoms with Crippen LogP contribution in [0, 0.1) is 5.92 Å². The van der Waals surface area contributed by atoms with Crippen LogP contribution in [-0.4, -0.2) is 39.0 Å². The number of amides is 2. The summed E-state index contributed by atoms with van der Waals surface area (Å²) in [6.45, 7) is 1.84. The monoisotopic (exact) mass is 246 g/mol. The molecule has 90 valence electrons. The molecule has 0 radical (unpaired) electrons. The number of aliphatic carboxylic acids is 1. The average Bonchev–Trinajstić information content (AvgIpc) is 2.51. The maximum atomic E-state index is 11.6. The van der Waals surface area contributed by atoms with Gasteiger partial charge in [-0.2, -0.15) is 0 Å². The van der Waals surface area contributed by atoms with Crippen molar-refractivity contribution in [2.75, 3.05) is 5.75 Å². The van der Waals surface area contributed by atoms with Gasteiger partial charge in [0, 0.05) is 18.1 Å². The molecule has 0 aromatic carbocycles. The molecule has 1 saturated heterocycles. The topological polar surface area (TPSA) is 101 Å². The first-order chi connectivity index (χ1) is 7.47. The van der Waals surface area contributed by atoms with E-state index in [9.17, 15) is 14.4 Å². The molecule has 3 N–H and O–H groups in total. The second kappa shape index (κ2) is 5.31. The van der Waals surface area contributed by atoms with Gasteiger partial charge in [0.15, 0.2) is 0 Å². The second-order valence-corrected chi connectivity index (χ2v) is 4.53. The van der Waals surface area contributed by atoms with Gasteiger partial charge in [0.1, 0.15) is 6.04 Å². The first-order valence-corrected chi connectivity index (χ1v) is 5.89. The Hall–Kier alpha value is -1.08. The number of hydrogen-bond acceptors (Lipinski definition) is 5. The summed E-state index contributed by atoms with van der Waals surface area (Å²) in [7, 11) is 0. The summed E-state index contributed by atoms with van der Waals surface area (Å²) in [6, 6.07) is -1.06. The van der Waals surface area contributed by atoms with E-state index in [-0.39, 0.29) is 29.9 Å². The predicted octanol–water partition coefficient (Wildman–Crippen LogP) is -0.168. The average molecular weight is 246 g/mol. The first-order valence-electron chi connectivity index (χ1n) is 4.95. The van der Waals surface area contributed by atoms with Crippen LogP contribution in [0.25, 0.3) is 0 Å². The minimum Gasteiger partial charge on any atom is -0.480 e. The van der Waals surface area contributed by atoms with E-state index in [0.29, 0.717) is 6.42 Å². The summed E-state index contributed by atoms with van der Waals surface area (Å²) < 4.78 is 1.04. The quantitative estimate of drug-likeness (QED) is 0.516. The van der Waals surface area contributed by atoms with Crippen molar-refractivity contribution < 1.29 is 19.5 Å². The number of carboxylic acids is 1. The minimum absolute atomic E-state index is 0.0171. The Kier molecular flexibility index (Phi) is 4.31. The molecule has 0 aromatic heterocycles. The van der Waals surface area contributed by atoms with Gasteiger partial charge in [-0.1, -0.05) is 6.92 Å². The molecule has 0 saturated carbocycles. The molecule has 1 rings (SSSR count). The Labute approximate surface area is 97.3 Å². The van der Waals surface area contributed by atoms with E-state index in [1.54, 1.807) is 0 Å². The van der Waals surface area contributed by atoms with Crippen molar-refractivity contribution in [1.82, 2.24) is 4.31 Å². The summed E-state index contributed by atoms with van der Waals surface area (Å²) in [5.74, 6) is -1.89. The van der Waals surface area contributed by atoms with Crippen LogP contribution < -0.4 is 5.73 Å². The van der Waals surface area contributed by atoms with Crippen LogP contribution in [0.5, 0.6) is 0 Å². The summed E-state index contributed by atoms with van der Waals surface area (Å²) in [6.07, 6.45) is 0.831. The number of imide groups is 1. The lowest BCUT2D eigenvalue weighted by Gasteiger charge is -2.14. The number of nitrogens with zero attached hydrogens (tertiary/aromatic N) is 1. The van der Waals surface area contributed by atoms with E-state index in [2.05, 4.69) is 0 Å². The lowest BCUT2D eigenvalue weighted by atomic mass is 10.1. The zero-order valence-electron chi connectivity index (χ0n) is 8.88. The third-order valence-electron chi connectivity index (χ3n) is 2.39. The van der Waals surface area contributed by atoms with Crippen molar-refractivity contribution in [2.45, 2.75) is 25.8 Å². The van der Waals surface area contributed by atoms with Crippen molar-refractivity contribution in [3.63, 3.8) is 0 Å². The highest BCUT2D eigenvalue weighted by molar-refractivity contribution is 7.98.